The number of hydrogen-bond donors (Lipinski definition) is 1. The fraction of sp³-hybridized carbons (Fsp3) is 0.158. The van der Waals surface area contributed by atoms with Crippen molar-refractivity contribution >= 4 is 22.0 Å². The number of hydrogen-bond acceptors (Lipinski definition) is 4. The lowest BCUT2D eigenvalue weighted by molar-refractivity contribution is 0.297. The van der Waals surface area contributed by atoms with Crippen molar-refractivity contribution in [3.8, 4) is 5.75 Å². The van der Waals surface area contributed by atoms with E-state index >= 15 is 0 Å². The van der Waals surface area contributed by atoms with Crippen LogP contribution in [0.2, 0.25) is 0 Å². The first-order valence-corrected chi connectivity index (χ1v) is 7.72. The Morgan fingerprint density at radius 3 is 2.79 bits per heavy atom. The molecule has 4 aromatic rings. The van der Waals surface area contributed by atoms with E-state index in [1.807, 2.05) is 43.3 Å². The number of para-hydroxylation sites is 2. The van der Waals surface area contributed by atoms with Crippen LogP contribution in [-0.2, 0) is 6.61 Å². The van der Waals surface area contributed by atoms with Gasteiger partial charge in [0.05, 0.1) is 11.0 Å². The fourth-order valence-corrected chi connectivity index (χ4v) is 2.74. The minimum Gasteiger partial charge on any atom is -0.486 e. The minimum absolute atomic E-state index is 0.311. The van der Waals surface area contributed by atoms with Gasteiger partial charge in [0.1, 0.15) is 23.8 Å². The summed E-state index contributed by atoms with van der Waals surface area (Å²) in [7, 11) is 0. The third-order valence-corrected chi connectivity index (χ3v) is 4.24. The molecule has 0 fully saturated rings. The Morgan fingerprint density at radius 2 is 1.96 bits per heavy atom. The van der Waals surface area contributed by atoms with Crippen LogP contribution in [0.3, 0.4) is 0 Å². The molecule has 5 nitrogen and oxygen atoms in total. The number of fused-ring (bicyclic) bond motifs is 2. The molecule has 0 aliphatic heterocycles. The highest BCUT2D eigenvalue weighted by Gasteiger charge is 2.09. The van der Waals surface area contributed by atoms with Gasteiger partial charge in [-0.2, -0.15) is 0 Å². The average Bonchev–Trinajstić information content (AvgIpc) is 3.01. The summed E-state index contributed by atoms with van der Waals surface area (Å²) in [6.07, 6.45) is 0. The van der Waals surface area contributed by atoms with Crippen LogP contribution in [0.15, 0.2) is 51.7 Å². The van der Waals surface area contributed by atoms with Crippen LogP contribution in [0, 0.1) is 13.8 Å². The van der Waals surface area contributed by atoms with E-state index in [-0.39, 0.29) is 5.63 Å². The number of ether oxygens (including phenoxy) is 1. The summed E-state index contributed by atoms with van der Waals surface area (Å²) in [4.78, 5) is 19.5. The Labute approximate surface area is 137 Å². The molecule has 2 heterocycles. The lowest BCUT2D eigenvalue weighted by atomic mass is 10.1. The van der Waals surface area contributed by atoms with Crippen molar-refractivity contribution in [3.05, 3.63) is 69.8 Å². The Hall–Kier alpha value is -3.08. The molecule has 0 aliphatic carbocycles. The molecule has 2 aromatic heterocycles. The van der Waals surface area contributed by atoms with E-state index in [2.05, 4.69) is 9.97 Å². The Morgan fingerprint density at radius 1 is 1.12 bits per heavy atom. The van der Waals surface area contributed by atoms with Crippen LogP contribution >= 0.6 is 0 Å². The van der Waals surface area contributed by atoms with Crippen molar-refractivity contribution in [2.45, 2.75) is 20.5 Å². The largest absolute Gasteiger partial charge is 0.486 e. The first-order valence-electron chi connectivity index (χ1n) is 7.72. The van der Waals surface area contributed by atoms with Gasteiger partial charge < -0.3 is 14.1 Å². The molecule has 5 heteroatoms. The second-order valence-corrected chi connectivity index (χ2v) is 5.79. The number of nitrogens with one attached hydrogen (secondary N) is 1. The van der Waals surface area contributed by atoms with Gasteiger partial charge in [0.15, 0.2) is 0 Å². The highest BCUT2D eigenvalue weighted by molar-refractivity contribution is 5.82. The third-order valence-electron chi connectivity index (χ3n) is 4.24. The van der Waals surface area contributed by atoms with E-state index in [1.165, 1.54) is 0 Å². The predicted octanol–water partition coefficient (Wildman–Crippen LogP) is 3.87. The molecule has 0 saturated carbocycles. The van der Waals surface area contributed by atoms with Crippen LogP contribution < -0.4 is 10.4 Å². The van der Waals surface area contributed by atoms with Crippen molar-refractivity contribution in [2.24, 2.45) is 0 Å². The molecule has 0 radical (unpaired) electrons. The summed E-state index contributed by atoms with van der Waals surface area (Å²) >= 11 is 0. The first kappa shape index (κ1) is 14.5. The molecule has 0 aliphatic rings. The number of nitrogens with zero attached hydrogens (tertiary/aromatic N) is 1. The molecule has 0 saturated heterocycles. The smallest absolute Gasteiger partial charge is 0.339 e. The number of benzene rings is 2. The van der Waals surface area contributed by atoms with Crippen LogP contribution in [0.1, 0.15) is 17.0 Å². The van der Waals surface area contributed by atoms with Crippen molar-refractivity contribution < 1.29 is 9.15 Å². The zero-order chi connectivity index (χ0) is 16.7. The number of aryl methyl sites for hydroxylation is 1. The highest BCUT2D eigenvalue weighted by Crippen LogP contribution is 2.24. The number of H-pyrrole nitrogens is 1. The predicted molar refractivity (Wildman–Crippen MR) is 92.4 cm³/mol. The molecular formula is C19H16N2O3. The summed E-state index contributed by atoms with van der Waals surface area (Å²) < 4.78 is 11.1. The summed E-state index contributed by atoms with van der Waals surface area (Å²) in [5.41, 5.74) is 3.68. The van der Waals surface area contributed by atoms with E-state index in [4.69, 9.17) is 9.15 Å². The fourth-order valence-electron chi connectivity index (χ4n) is 2.74. The zero-order valence-corrected chi connectivity index (χ0v) is 13.4. The maximum atomic E-state index is 11.8. The second kappa shape index (κ2) is 5.53. The first-order chi connectivity index (χ1) is 11.6. The zero-order valence-electron chi connectivity index (χ0n) is 13.4. The van der Waals surface area contributed by atoms with Crippen LogP contribution in [-0.4, -0.2) is 9.97 Å². The summed E-state index contributed by atoms with van der Waals surface area (Å²) in [5.74, 6) is 1.38. The van der Waals surface area contributed by atoms with Crippen LogP contribution in [0.5, 0.6) is 5.75 Å². The van der Waals surface area contributed by atoms with Gasteiger partial charge in [-0.25, -0.2) is 9.78 Å². The van der Waals surface area contributed by atoms with E-state index in [0.717, 1.165) is 27.8 Å². The van der Waals surface area contributed by atoms with Gasteiger partial charge in [0, 0.05) is 17.0 Å². The minimum atomic E-state index is -0.311. The van der Waals surface area contributed by atoms with Gasteiger partial charge in [-0.3, -0.25) is 0 Å². The Balaban J connectivity index is 1.62. The topological polar surface area (TPSA) is 68.1 Å². The van der Waals surface area contributed by atoms with Crippen molar-refractivity contribution in [3.63, 3.8) is 0 Å². The number of aromatic nitrogens is 2. The van der Waals surface area contributed by atoms with Crippen molar-refractivity contribution in [1.82, 2.24) is 9.97 Å². The maximum Gasteiger partial charge on any atom is 0.339 e. The van der Waals surface area contributed by atoms with Crippen molar-refractivity contribution in [1.29, 1.82) is 0 Å². The number of aromatic amines is 1. The quantitative estimate of drug-likeness (QED) is 0.582. The van der Waals surface area contributed by atoms with E-state index < -0.39 is 0 Å². The number of imidazole rings is 1. The molecule has 0 atom stereocenters. The summed E-state index contributed by atoms with van der Waals surface area (Å²) in [5, 5.41) is 0.920. The van der Waals surface area contributed by atoms with Crippen molar-refractivity contribution in [2.75, 3.05) is 0 Å². The number of rotatable bonds is 3. The summed E-state index contributed by atoms with van der Waals surface area (Å²) in [6, 6.07) is 13.4. The molecule has 1 N–H and O–H groups in total. The lowest BCUT2D eigenvalue weighted by Gasteiger charge is -2.07. The van der Waals surface area contributed by atoms with E-state index in [1.54, 1.807) is 13.0 Å². The average molecular weight is 320 g/mol. The van der Waals surface area contributed by atoms with Gasteiger partial charge in [-0.1, -0.05) is 12.1 Å². The van der Waals surface area contributed by atoms with Gasteiger partial charge in [0.25, 0.3) is 0 Å². The van der Waals surface area contributed by atoms with E-state index in [9.17, 15) is 4.79 Å². The van der Waals surface area contributed by atoms with Gasteiger partial charge in [-0.05, 0) is 43.7 Å². The van der Waals surface area contributed by atoms with Crippen LogP contribution in [0.25, 0.3) is 22.0 Å². The molecule has 0 unspecified atom stereocenters. The molecule has 2 aromatic carbocycles. The molecular weight excluding hydrogens is 304 g/mol. The van der Waals surface area contributed by atoms with Crippen LogP contribution in [0.4, 0.5) is 0 Å². The van der Waals surface area contributed by atoms with Gasteiger partial charge >= 0.3 is 5.63 Å². The van der Waals surface area contributed by atoms with Gasteiger partial charge in [-0.15, -0.1) is 0 Å². The Kier molecular flexibility index (Phi) is 3.34. The highest BCUT2D eigenvalue weighted by atomic mass is 16.5. The normalized spacial score (nSPS) is 11.2. The standard InChI is InChI=1S/C19H16N2O3/c1-11-12(2)19(22)24-17-9-13(7-8-14(11)17)23-10-18-20-15-5-3-4-6-16(15)21-18/h3-9H,10H2,1-2H3,(H,20,21). The maximum absolute atomic E-state index is 11.8. The Bertz CT molecular complexity index is 1080. The van der Waals surface area contributed by atoms with Gasteiger partial charge in [0.2, 0.25) is 0 Å². The third kappa shape index (κ3) is 2.44. The SMILES string of the molecule is Cc1c(C)c2ccc(OCc3nc4ccccc4[nH]3)cc2oc1=O. The molecule has 0 amide bonds. The molecule has 0 spiro atoms. The lowest BCUT2D eigenvalue weighted by Crippen LogP contribution is -2.05. The van der Waals surface area contributed by atoms with E-state index in [0.29, 0.717) is 23.5 Å². The molecule has 120 valence electrons. The molecule has 0 bridgehead atoms. The molecule has 4 rings (SSSR count). The summed E-state index contributed by atoms with van der Waals surface area (Å²) in [6.45, 7) is 4.01. The molecule has 24 heavy (non-hydrogen) atoms. The monoisotopic (exact) mass is 320 g/mol. The second-order valence-electron chi connectivity index (χ2n) is 5.79.